The molecule has 2 amide bonds. The largest absolute Gasteiger partial charge is 0.433 e. The number of unbranched alkanes of at least 4 members (excludes halogenated alkanes) is 11. The van der Waals surface area contributed by atoms with Crippen LogP contribution in [0.2, 0.25) is 0 Å². The molecular formula is C20H41ClN2O5. The number of hydrogen-bond acceptors (Lipinski definition) is 5. The van der Waals surface area contributed by atoms with Crippen LogP contribution in [0.1, 0.15) is 84.0 Å². The van der Waals surface area contributed by atoms with E-state index in [2.05, 4.69) is 12.2 Å². The van der Waals surface area contributed by atoms with Gasteiger partial charge in [0.05, 0.1) is 6.61 Å². The number of amides is 2. The third-order valence-electron chi connectivity index (χ3n) is 4.63. The molecule has 0 heterocycles. The van der Waals surface area contributed by atoms with Gasteiger partial charge in [0, 0.05) is 13.7 Å². The maximum absolute atomic E-state index is 11.7. The van der Waals surface area contributed by atoms with E-state index in [1.807, 2.05) is 0 Å². The van der Waals surface area contributed by atoms with Gasteiger partial charge in [-0.1, -0.05) is 77.6 Å². The lowest BCUT2D eigenvalue weighted by molar-refractivity contribution is -0.135. The predicted octanol–water partition coefficient (Wildman–Crippen LogP) is 3.70. The number of primary amides is 1. The Bertz CT molecular complexity index is 382. The first kappa shape index (κ1) is 29.2. The minimum Gasteiger partial charge on any atom is -0.433 e. The molecule has 0 aromatic carbocycles. The van der Waals surface area contributed by atoms with Crippen molar-refractivity contribution >= 4 is 24.4 Å². The second kappa shape index (κ2) is 20.7. The Morgan fingerprint density at radius 2 is 1.39 bits per heavy atom. The molecule has 0 fully saturated rings. The minimum atomic E-state index is -1.30. The second-order valence-electron chi connectivity index (χ2n) is 7.00. The zero-order valence-corrected chi connectivity index (χ0v) is 18.4. The van der Waals surface area contributed by atoms with Crippen molar-refractivity contribution in [3.63, 3.8) is 0 Å². The highest BCUT2D eigenvalue weighted by atomic mass is 35.5. The summed E-state index contributed by atoms with van der Waals surface area (Å²) in [5.74, 6) is -0.851. The van der Waals surface area contributed by atoms with Crippen molar-refractivity contribution in [3.05, 3.63) is 0 Å². The van der Waals surface area contributed by atoms with Crippen LogP contribution in [0, 0.1) is 0 Å². The zero-order valence-electron chi connectivity index (χ0n) is 17.6. The average Bonchev–Trinajstić information content (AvgIpc) is 2.65. The van der Waals surface area contributed by atoms with Crippen LogP contribution in [0.3, 0.4) is 0 Å². The lowest BCUT2D eigenvalue weighted by atomic mass is 10.1. The number of carbonyl (C=O) groups is 2. The van der Waals surface area contributed by atoms with Crippen LogP contribution in [0.4, 0.5) is 4.79 Å². The van der Waals surface area contributed by atoms with Crippen LogP contribution >= 0.6 is 12.4 Å². The minimum absolute atomic E-state index is 0. The fraction of sp³-hybridized carbons (Fsp3) is 0.900. The summed E-state index contributed by atoms with van der Waals surface area (Å²) in [4.78, 5) is 23.0. The first-order valence-electron chi connectivity index (χ1n) is 10.4. The maximum Gasteiger partial charge on any atom is 0.408 e. The van der Waals surface area contributed by atoms with Gasteiger partial charge in [0.15, 0.2) is 0 Å². The molecule has 0 saturated heterocycles. The molecule has 28 heavy (non-hydrogen) atoms. The van der Waals surface area contributed by atoms with Crippen LogP contribution in [-0.2, 0) is 14.3 Å². The molecule has 0 spiro atoms. The summed E-state index contributed by atoms with van der Waals surface area (Å²) < 4.78 is 9.84. The lowest BCUT2D eigenvalue weighted by Gasteiger charge is -2.21. The standard InChI is InChI=1S/C20H40N2O5.ClH/c1-3-4-5-6-7-8-9-10-11-12-13-14-15-22-20(25)27-18(19(21)24)17(16-23)26-2;/h17-18,23H,3-16H2,1-2H3,(H2,21,24)(H,22,25);1H. The highest BCUT2D eigenvalue weighted by Crippen LogP contribution is 2.11. The van der Waals surface area contributed by atoms with E-state index in [0.717, 1.165) is 19.3 Å². The molecule has 0 aromatic rings. The van der Waals surface area contributed by atoms with E-state index >= 15 is 0 Å². The lowest BCUT2D eigenvalue weighted by Crippen LogP contribution is -2.46. The number of halogens is 1. The molecule has 0 radical (unpaired) electrons. The van der Waals surface area contributed by atoms with E-state index in [1.54, 1.807) is 0 Å². The molecule has 4 N–H and O–H groups in total. The number of methoxy groups -OCH3 is 1. The third-order valence-corrected chi connectivity index (χ3v) is 4.63. The fourth-order valence-corrected chi connectivity index (χ4v) is 2.92. The molecule has 0 aromatic heterocycles. The van der Waals surface area contributed by atoms with E-state index in [4.69, 9.17) is 20.3 Å². The van der Waals surface area contributed by atoms with E-state index < -0.39 is 30.8 Å². The Hall–Kier alpha value is -1.05. The number of carbonyl (C=O) groups excluding carboxylic acids is 2. The average molecular weight is 425 g/mol. The number of ether oxygens (including phenoxy) is 2. The quantitative estimate of drug-likeness (QED) is 0.290. The summed E-state index contributed by atoms with van der Waals surface area (Å²) in [6, 6.07) is 0. The van der Waals surface area contributed by atoms with E-state index in [-0.39, 0.29) is 12.4 Å². The molecule has 0 saturated carbocycles. The zero-order chi connectivity index (χ0) is 20.3. The predicted molar refractivity (Wildman–Crippen MR) is 114 cm³/mol. The van der Waals surface area contributed by atoms with Crippen LogP contribution in [0.15, 0.2) is 0 Å². The molecule has 0 bridgehead atoms. The Morgan fingerprint density at radius 3 is 1.79 bits per heavy atom. The van der Waals surface area contributed by atoms with E-state index in [9.17, 15) is 9.59 Å². The molecule has 0 rings (SSSR count). The summed E-state index contributed by atoms with van der Waals surface area (Å²) >= 11 is 0. The summed E-state index contributed by atoms with van der Waals surface area (Å²) in [5, 5.41) is 11.7. The van der Waals surface area contributed by atoms with Crippen molar-refractivity contribution in [3.8, 4) is 0 Å². The number of alkyl carbamates (subject to hydrolysis) is 1. The van der Waals surface area contributed by atoms with Gasteiger partial charge in [-0.15, -0.1) is 12.4 Å². The topological polar surface area (TPSA) is 111 Å². The van der Waals surface area contributed by atoms with Gasteiger partial charge < -0.3 is 25.6 Å². The van der Waals surface area contributed by atoms with E-state index in [0.29, 0.717) is 6.54 Å². The highest BCUT2D eigenvalue weighted by Gasteiger charge is 2.29. The number of hydrogen-bond donors (Lipinski definition) is 3. The van der Waals surface area contributed by atoms with Crippen molar-refractivity contribution < 1.29 is 24.2 Å². The monoisotopic (exact) mass is 424 g/mol. The first-order chi connectivity index (χ1) is 13.1. The van der Waals surface area contributed by atoms with Gasteiger partial charge in [0.1, 0.15) is 6.10 Å². The number of nitrogens with two attached hydrogens (primary N) is 1. The SMILES string of the molecule is CCCCCCCCCCCCCCNC(=O)OC(C(N)=O)C(CO)OC.Cl. The summed E-state index contributed by atoms with van der Waals surface area (Å²) in [6.07, 6.45) is 12.0. The molecular weight excluding hydrogens is 384 g/mol. The van der Waals surface area contributed by atoms with Gasteiger partial charge in [-0.25, -0.2) is 4.79 Å². The Morgan fingerprint density at radius 1 is 0.929 bits per heavy atom. The van der Waals surface area contributed by atoms with Gasteiger partial charge >= 0.3 is 6.09 Å². The number of aliphatic hydroxyl groups excluding tert-OH is 1. The smallest absolute Gasteiger partial charge is 0.408 e. The fourth-order valence-electron chi connectivity index (χ4n) is 2.92. The molecule has 0 aliphatic heterocycles. The van der Waals surface area contributed by atoms with Gasteiger partial charge in [-0.05, 0) is 6.42 Å². The van der Waals surface area contributed by atoms with Crippen LogP contribution in [0.25, 0.3) is 0 Å². The van der Waals surface area contributed by atoms with Gasteiger partial charge in [0.25, 0.3) is 5.91 Å². The summed E-state index contributed by atoms with van der Waals surface area (Å²) in [5.41, 5.74) is 5.18. The van der Waals surface area contributed by atoms with Gasteiger partial charge in [-0.3, -0.25) is 4.79 Å². The highest BCUT2D eigenvalue weighted by molar-refractivity contribution is 5.85. The third kappa shape index (κ3) is 16.0. The van der Waals surface area contributed by atoms with Gasteiger partial charge in [0.2, 0.25) is 6.10 Å². The van der Waals surface area contributed by atoms with Crippen LogP contribution in [0.5, 0.6) is 0 Å². The van der Waals surface area contributed by atoms with Crippen molar-refractivity contribution in [1.82, 2.24) is 5.32 Å². The Labute approximate surface area is 176 Å². The molecule has 168 valence electrons. The van der Waals surface area contributed by atoms with Crippen molar-refractivity contribution in [1.29, 1.82) is 0 Å². The number of rotatable bonds is 18. The van der Waals surface area contributed by atoms with E-state index in [1.165, 1.54) is 64.9 Å². The second-order valence-corrected chi connectivity index (χ2v) is 7.00. The van der Waals surface area contributed by atoms with Crippen molar-refractivity contribution in [2.24, 2.45) is 5.73 Å². The maximum atomic E-state index is 11.7. The summed E-state index contributed by atoms with van der Waals surface area (Å²) in [7, 11) is 1.31. The van der Waals surface area contributed by atoms with Crippen LogP contribution in [-0.4, -0.2) is 49.6 Å². The number of nitrogens with one attached hydrogen (secondary N) is 1. The first-order valence-corrected chi connectivity index (χ1v) is 10.4. The Kier molecular flexibility index (Phi) is 21.5. The number of aliphatic hydroxyl groups is 1. The molecule has 7 nitrogen and oxygen atoms in total. The van der Waals surface area contributed by atoms with Gasteiger partial charge in [-0.2, -0.15) is 0 Å². The summed E-state index contributed by atoms with van der Waals surface area (Å²) in [6.45, 7) is 2.26. The normalized spacial score (nSPS) is 12.7. The Balaban J connectivity index is 0. The van der Waals surface area contributed by atoms with Crippen LogP contribution < -0.4 is 11.1 Å². The van der Waals surface area contributed by atoms with Crippen molar-refractivity contribution in [2.75, 3.05) is 20.3 Å². The molecule has 2 atom stereocenters. The molecule has 0 aliphatic carbocycles. The molecule has 2 unspecified atom stereocenters. The molecule has 8 heteroatoms. The molecule has 0 aliphatic rings. The van der Waals surface area contributed by atoms with Crippen molar-refractivity contribution in [2.45, 2.75) is 96.2 Å².